The lowest BCUT2D eigenvalue weighted by Crippen LogP contribution is -2.56. The predicted molar refractivity (Wildman–Crippen MR) is 155 cm³/mol. The number of urea groups is 1. The number of halogens is 3. The normalized spacial score (nSPS) is 18.3. The van der Waals surface area contributed by atoms with Gasteiger partial charge in [0, 0.05) is 35.4 Å². The first kappa shape index (κ1) is 26.3. The Labute approximate surface area is 240 Å². The Morgan fingerprint density at radius 2 is 1.64 bits per heavy atom. The Kier molecular flexibility index (Phi) is 6.31. The number of carbonyl (C=O) groups is 1. The number of anilines is 1. The van der Waals surface area contributed by atoms with Crippen molar-refractivity contribution < 1.29 is 18.0 Å². The first-order chi connectivity index (χ1) is 20.3. The van der Waals surface area contributed by atoms with Gasteiger partial charge in [-0.25, -0.2) is 9.78 Å². The van der Waals surface area contributed by atoms with Gasteiger partial charge >= 0.3 is 12.2 Å². The molecule has 2 aliphatic rings. The van der Waals surface area contributed by atoms with Gasteiger partial charge in [-0.05, 0) is 60.7 Å². The average Bonchev–Trinajstić information content (AvgIpc) is 3.64. The van der Waals surface area contributed by atoms with Crippen LogP contribution in [0.25, 0.3) is 22.2 Å². The maximum atomic E-state index is 13.1. The number of para-hydroxylation sites is 1. The lowest BCUT2D eigenvalue weighted by molar-refractivity contribution is -0.137. The minimum absolute atomic E-state index is 0.0540. The summed E-state index contributed by atoms with van der Waals surface area (Å²) in [5.41, 5.74) is 4.70. The van der Waals surface area contributed by atoms with E-state index in [9.17, 15) is 18.0 Å². The van der Waals surface area contributed by atoms with Crippen LogP contribution in [0.1, 0.15) is 41.5 Å². The highest BCUT2D eigenvalue weighted by Gasteiger charge is 2.45. The van der Waals surface area contributed by atoms with Crippen LogP contribution < -0.4 is 10.6 Å². The Balaban J connectivity index is 1.13. The molecule has 7 nitrogen and oxygen atoms in total. The van der Waals surface area contributed by atoms with Gasteiger partial charge in [-0.3, -0.25) is 5.32 Å². The van der Waals surface area contributed by atoms with Crippen LogP contribution in [0.2, 0.25) is 0 Å². The zero-order valence-corrected chi connectivity index (χ0v) is 22.6. The molecule has 2 aliphatic heterocycles. The molecule has 1 unspecified atom stereocenters. The van der Waals surface area contributed by atoms with Gasteiger partial charge in [0.2, 0.25) is 0 Å². The van der Waals surface area contributed by atoms with Gasteiger partial charge in [0.15, 0.2) is 0 Å². The van der Waals surface area contributed by atoms with Crippen LogP contribution in [-0.2, 0) is 18.1 Å². The van der Waals surface area contributed by atoms with E-state index >= 15 is 0 Å². The molecule has 10 heteroatoms. The number of aromatic amines is 2. The minimum Gasteiger partial charge on any atom is -0.357 e. The molecule has 1 saturated heterocycles. The second kappa shape index (κ2) is 10.1. The third kappa shape index (κ3) is 4.71. The lowest BCUT2D eigenvalue weighted by atomic mass is 9.77. The molecule has 0 radical (unpaired) electrons. The average molecular weight is 571 g/mol. The number of likely N-dealkylation sites (tertiary alicyclic amines) is 1. The van der Waals surface area contributed by atoms with Crippen molar-refractivity contribution in [3.63, 3.8) is 0 Å². The molecule has 0 saturated carbocycles. The van der Waals surface area contributed by atoms with Crippen LogP contribution in [0.3, 0.4) is 0 Å². The zero-order chi connectivity index (χ0) is 28.9. The van der Waals surface area contributed by atoms with Gasteiger partial charge in [-0.15, -0.1) is 0 Å². The molecule has 1 fully saturated rings. The summed E-state index contributed by atoms with van der Waals surface area (Å²) >= 11 is 0. The summed E-state index contributed by atoms with van der Waals surface area (Å²) in [4.78, 5) is 26.8. The monoisotopic (exact) mass is 570 g/mol. The molecular weight excluding hydrogens is 541 g/mol. The van der Waals surface area contributed by atoms with Gasteiger partial charge in [0.25, 0.3) is 0 Å². The second-order valence-corrected chi connectivity index (χ2v) is 11.0. The van der Waals surface area contributed by atoms with Crippen molar-refractivity contribution in [3.05, 3.63) is 108 Å². The predicted octanol–water partition coefficient (Wildman–Crippen LogP) is 6.99. The number of aromatic nitrogens is 3. The number of amides is 2. The van der Waals surface area contributed by atoms with Crippen molar-refractivity contribution in [2.75, 3.05) is 18.4 Å². The van der Waals surface area contributed by atoms with Gasteiger partial charge in [0.1, 0.15) is 5.82 Å². The molecule has 1 atom stereocenters. The van der Waals surface area contributed by atoms with Crippen molar-refractivity contribution in [2.45, 2.75) is 37.0 Å². The molecule has 4 N–H and O–H groups in total. The molecule has 5 aromatic rings. The lowest BCUT2D eigenvalue weighted by Gasteiger charge is -2.47. The summed E-state index contributed by atoms with van der Waals surface area (Å²) in [5, 5.41) is 7.85. The Bertz CT molecular complexity index is 1730. The van der Waals surface area contributed by atoms with Crippen molar-refractivity contribution in [1.29, 1.82) is 0 Å². The smallest absolute Gasteiger partial charge is 0.357 e. The van der Waals surface area contributed by atoms with E-state index in [2.05, 4.69) is 50.9 Å². The number of piperidine rings is 1. The molecule has 4 heterocycles. The largest absolute Gasteiger partial charge is 0.416 e. The SMILES string of the molecule is O=C(Nc1ccc(C(F)(F)F)cc1)N1CCC2(CC1)NC(c1ncc(-c3ccccc3)[nH]1)Cc1c2[nH]c2ccccc12. The summed E-state index contributed by atoms with van der Waals surface area (Å²) in [6.07, 6.45) is -0.459. The number of fused-ring (bicyclic) bond motifs is 4. The molecule has 214 valence electrons. The van der Waals surface area contributed by atoms with Crippen molar-refractivity contribution in [2.24, 2.45) is 0 Å². The highest BCUT2D eigenvalue weighted by molar-refractivity contribution is 5.89. The minimum atomic E-state index is -4.42. The maximum absolute atomic E-state index is 13.1. The molecule has 2 aromatic heterocycles. The number of nitrogens with zero attached hydrogens (tertiary/aromatic N) is 2. The van der Waals surface area contributed by atoms with Crippen LogP contribution in [0, 0.1) is 0 Å². The summed E-state index contributed by atoms with van der Waals surface area (Å²) < 4.78 is 38.8. The number of carbonyl (C=O) groups excluding carboxylic acids is 1. The molecule has 2 amide bonds. The number of imidazole rings is 1. The first-order valence-corrected chi connectivity index (χ1v) is 14.0. The maximum Gasteiger partial charge on any atom is 0.416 e. The second-order valence-electron chi connectivity index (χ2n) is 11.0. The van der Waals surface area contributed by atoms with E-state index in [1.165, 1.54) is 23.1 Å². The Hall–Kier alpha value is -4.57. The van der Waals surface area contributed by atoms with E-state index in [1.54, 1.807) is 4.90 Å². The van der Waals surface area contributed by atoms with Crippen LogP contribution in [-0.4, -0.2) is 39.0 Å². The molecule has 1 spiro atoms. The van der Waals surface area contributed by atoms with Gasteiger partial charge in [0.05, 0.1) is 29.0 Å². The summed E-state index contributed by atoms with van der Waals surface area (Å²) in [6, 6.07) is 22.5. The highest BCUT2D eigenvalue weighted by atomic mass is 19.4. The highest BCUT2D eigenvalue weighted by Crippen LogP contribution is 2.44. The fourth-order valence-corrected chi connectivity index (χ4v) is 6.36. The van der Waals surface area contributed by atoms with E-state index in [1.807, 2.05) is 30.5 Å². The van der Waals surface area contributed by atoms with Crippen LogP contribution >= 0.6 is 0 Å². The first-order valence-electron chi connectivity index (χ1n) is 14.0. The van der Waals surface area contributed by atoms with Crippen LogP contribution in [0.5, 0.6) is 0 Å². The van der Waals surface area contributed by atoms with Gasteiger partial charge in [-0.1, -0.05) is 48.5 Å². The van der Waals surface area contributed by atoms with E-state index < -0.39 is 17.3 Å². The number of nitrogens with one attached hydrogen (secondary N) is 4. The van der Waals surface area contributed by atoms with Gasteiger partial charge in [-0.2, -0.15) is 13.2 Å². The van der Waals surface area contributed by atoms with Crippen LogP contribution in [0.4, 0.5) is 23.7 Å². The molecule has 3 aromatic carbocycles. The quantitative estimate of drug-likeness (QED) is 0.189. The van der Waals surface area contributed by atoms with Gasteiger partial charge < -0.3 is 20.2 Å². The number of alkyl halides is 3. The number of rotatable bonds is 3. The van der Waals surface area contributed by atoms with E-state index in [0.717, 1.165) is 46.8 Å². The molecule has 7 rings (SSSR count). The summed E-state index contributed by atoms with van der Waals surface area (Å²) in [5.74, 6) is 0.867. The molecule has 0 bridgehead atoms. The summed E-state index contributed by atoms with van der Waals surface area (Å²) in [6.45, 7) is 0.961. The van der Waals surface area contributed by atoms with Crippen LogP contribution in [0.15, 0.2) is 85.1 Å². The summed E-state index contributed by atoms with van der Waals surface area (Å²) in [7, 11) is 0. The van der Waals surface area contributed by atoms with E-state index in [0.29, 0.717) is 31.6 Å². The Morgan fingerprint density at radius 3 is 2.38 bits per heavy atom. The third-order valence-electron chi connectivity index (χ3n) is 8.53. The number of H-pyrrole nitrogens is 2. The topological polar surface area (TPSA) is 88.8 Å². The van der Waals surface area contributed by atoms with Crippen molar-refractivity contribution in [1.82, 2.24) is 25.2 Å². The standard InChI is InChI=1S/C32H29F3N6O/c33-32(34,35)21-10-12-22(13-11-21)37-30(42)41-16-14-31(15-17-41)28-24(23-8-4-5-9-25(23)38-28)18-26(40-31)29-36-19-27(39-29)20-6-2-1-3-7-20/h1-13,19,26,38,40H,14-18H2,(H,36,39)(H,37,42). The molecule has 0 aliphatic carbocycles. The zero-order valence-electron chi connectivity index (χ0n) is 22.6. The van der Waals surface area contributed by atoms with Crippen molar-refractivity contribution >= 4 is 22.6 Å². The number of hydrogen-bond acceptors (Lipinski definition) is 3. The molecular formula is C32H29F3N6O. The van der Waals surface area contributed by atoms with E-state index in [-0.39, 0.29) is 12.1 Å². The number of hydrogen-bond donors (Lipinski definition) is 4. The third-order valence-corrected chi connectivity index (χ3v) is 8.53. The van der Waals surface area contributed by atoms with E-state index in [4.69, 9.17) is 4.98 Å². The fourth-order valence-electron chi connectivity index (χ4n) is 6.36. The Morgan fingerprint density at radius 1 is 0.929 bits per heavy atom. The molecule has 42 heavy (non-hydrogen) atoms. The van der Waals surface area contributed by atoms with Crippen molar-refractivity contribution in [3.8, 4) is 11.3 Å². The number of benzene rings is 3. The fraction of sp³-hybridized carbons (Fsp3) is 0.250.